The van der Waals surface area contributed by atoms with Crippen molar-refractivity contribution in [3.8, 4) is 6.07 Å². The topological polar surface area (TPSA) is 74.5 Å². The summed E-state index contributed by atoms with van der Waals surface area (Å²) in [6, 6.07) is 9.49. The highest BCUT2D eigenvalue weighted by atomic mass is 15.0. The minimum atomic E-state index is 0.378. The number of nitrogens with zero attached hydrogens (tertiary/aromatic N) is 4. The second kappa shape index (κ2) is 5.73. The van der Waals surface area contributed by atoms with Crippen LogP contribution in [0.25, 0.3) is 0 Å². The van der Waals surface area contributed by atoms with Crippen molar-refractivity contribution in [2.24, 2.45) is 0 Å². The van der Waals surface area contributed by atoms with Crippen LogP contribution in [-0.4, -0.2) is 21.5 Å². The second-order valence-electron chi connectivity index (χ2n) is 3.80. The number of anilines is 1. The fourth-order valence-corrected chi connectivity index (χ4v) is 1.58. The van der Waals surface area contributed by atoms with Crippen LogP contribution in [0.3, 0.4) is 0 Å². The Morgan fingerprint density at radius 3 is 2.94 bits per heavy atom. The lowest BCUT2D eigenvalue weighted by Crippen LogP contribution is -2.08. The number of hydrogen-bond acceptors (Lipinski definition) is 5. The van der Waals surface area contributed by atoms with Crippen molar-refractivity contribution in [1.29, 1.82) is 5.26 Å². The summed E-state index contributed by atoms with van der Waals surface area (Å²) in [5, 5.41) is 12.0. The van der Waals surface area contributed by atoms with Crippen LogP contribution in [-0.2, 0) is 6.42 Å². The van der Waals surface area contributed by atoms with Gasteiger partial charge >= 0.3 is 0 Å². The van der Waals surface area contributed by atoms with E-state index in [-0.39, 0.29) is 0 Å². The Morgan fingerprint density at radius 1 is 1.33 bits per heavy atom. The van der Waals surface area contributed by atoms with E-state index in [2.05, 4.69) is 20.3 Å². The second-order valence-corrected chi connectivity index (χ2v) is 3.80. The Morgan fingerprint density at radius 2 is 2.22 bits per heavy atom. The molecule has 18 heavy (non-hydrogen) atoms. The van der Waals surface area contributed by atoms with Gasteiger partial charge in [-0.3, -0.25) is 4.98 Å². The highest BCUT2D eigenvalue weighted by molar-refractivity contribution is 5.39. The first-order valence-electron chi connectivity index (χ1n) is 5.67. The summed E-state index contributed by atoms with van der Waals surface area (Å²) in [7, 11) is 0. The van der Waals surface area contributed by atoms with Gasteiger partial charge in [0.2, 0.25) is 0 Å². The van der Waals surface area contributed by atoms with E-state index in [9.17, 15) is 0 Å². The molecular formula is C13H13N5. The molecule has 2 aromatic rings. The lowest BCUT2D eigenvalue weighted by molar-refractivity contribution is 0.941. The van der Waals surface area contributed by atoms with Gasteiger partial charge < -0.3 is 5.32 Å². The molecular weight excluding hydrogens is 226 g/mol. The highest BCUT2D eigenvalue weighted by Crippen LogP contribution is 2.06. The zero-order valence-electron chi connectivity index (χ0n) is 10.1. The molecule has 0 atom stereocenters. The van der Waals surface area contributed by atoms with Crippen molar-refractivity contribution in [2.75, 3.05) is 11.9 Å². The normalized spacial score (nSPS) is 9.78. The first-order chi connectivity index (χ1) is 8.78. The summed E-state index contributed by atoms with van der Waals surface area (Å²) in [5.74, 6) is 1.27. The van der Waals surface area contributed by atoms with Gasteiger partial charge in [-0.15, -0.1) is 0 Å². The number of aromatic nitrogens is 3. The molecule has 0 unspecified atom stereocenters. The van der Waals surface area contributed by atoms with Crippen LogP contribution in [0.5, 0.6) is 0 Å². The number of pyridine rings is 1. The number of aryl methyl sites for hydroxylation is 1. The maximum atomic E-state index is 8.81. The van der Waals surface area contributed by atoms with Gasteiger partial charge in [0.25, 0.3) is 0 Å². The molecule has 0 bridgehead atoms. The van der Waals surface area contributed by atoms with Crippen molar-refractivity contribution < 1.29 is 0 Å². The Labute approximate surface area is 106 Å². The van der Waals surface area contributed by atoms with Crippen molar-refractivity contribution in [1.82, 2.24) is 15.0 Å². The largest absolute Gasteiger partial charge is 0.370 e. The van der Waals surface area contributed by atoms with Crippen LogP contribution in [0.4, 0.5) is 5.82 Å². The molecule has 0 saturated heterocycles. The number of rotatable bonds is 4. The van der Waals surface area contributed by atoms with Crippen molar-refractivity contribution >= 4 is 5.82 Å². The average Bonchev–Trinajstić information content (AvgIpc) is 2.39. The van der Waals surface area contributed by atoms with Gasteiger partial charge in [0.05, 0.1) is 0 Å². The molecule has 2 rings (SSSR count). The third-order valence-electron chi connectivity index (χ3n) is 2.37. The lowest BCUT2D eigenvalue weighted by atomic mass is 10.3. The summed E-state index contributed by atoms with van der Waals surface area (Å²) in [4.78, 5) is 12.4. The standard InChI is InChI=1S/C13H13N5/c1-10-17-12(9-14)8-13(18-10)16-7-5-11-4-2-3-6-15-11/h2-4,6,8H,5,7H2,1H3,(H,16,17,18). The van der Waals surface area contributed by atoms with Crippen LogP contribution in [0, 0.1) is 18.3 Å². The zero-order valence-corrected chi connectivity index (χ0v) is 10.1. The molecule has 2 heterocycles. The first-order valence-corrected chi connectivity index (χ1v) is 5.67. The molecule has 5 nitrogen and oxygen atoms in total. The molecule has 0 aliphatic rings. The number of hydrogen-bond donors (Lipinski definition) is 1. The van der Waals surface area contributed by atoms with E-state index < -0.39 is 0 Å². The third kappa shape index (κ3) is 3.25. The van der Waals surface area contributed by atoms with Crippen LogP contribution in [0.2, 0.25) is 0 Å². The predicted molar refractivity (Wildman–Crippen MR) is 67.9 cm³/mol. The third-order valence-corrected chi connectivity index (χ3v) is 2.37. The van der Waals surface area contributed by atoms with Gasteiger partial charge in [-0.2, -0.15) is 5.26 Å². The first kappa shape index (κ1) is 12.0. The Kier molecular flexibility index (Phi) is 3.82. The highest BCUT2D eigenvalue weighted by Gasteiger charge is 2.01. The van der Waals surface area contributed by atoms with E-state index >= 15 is 0 Å². The summed E-state index contributed by atoms with van der Waals surface area (Å²) in [6.45, 7) is 2.49. The molecule has 5 heteroatoms. The molecule has 1 N–H and O–H groups in total. The molecule has 0 spiro atoms. The van der Waals surface area contributed by atoms with E-state index in [1.807, 2.05) is 24.3 Å². The van der Waals surface area contributed by atoms with Crippen LogP contribution < -0.4 is 5.32 Å². The van der Waals surface area contributed by atoms with Crippen LogP contribution >= 0.6 is 0 Å². The quantitative estimate of drug-likeness (QED) is 0.879. The van der Waals surface area contributed by atoms with Gasteiger partial charge in [0.1, 0.15) is 23.4 Å². The average molecular weight is 239 g/mol. The van der Waals surface area contributed by atoms with E-state index in [1.54, 1.807) is 19.2 Å². The minimum absolute atomic E-state index is 0.378. The van der Waals surface area contributed by atoms with E-state index in [1.165, 1.54) is 0 Å². The SMILES string of the molecule is Cc1nc(C#N)cc(NCCc2ccccn2)n1. The molecule has 0 aliphatic heterocycles. The minimum Gasteiger partial charge on any atom is -0.370 e. The van der Waals surface area contributed by atoms with Gasteiger partial charge in [-0.1, -0.05) is 6.07 Å². The summed E-state index contributed by atoms with van der Waals surface area (Å²) < 4.78 is 0. The number of nitrogens with one attached hydrogen (secondary N) is 1. The van der Waals surface area contributed by atoms with Crippen molar-refractivity contribution in [3.05, 3.63) is 47.7 Å². The van der Waals surface area contributed by atoms with E-state index in [0.29, 0.717) is 17.3 Å². The fraction of sp³-hybridized carbons (Fsp3) is 0.231. The van der Waals surface area contributed by atoms with Gasteiger partial charge in [0.15, 0.2) is 0 Å². The van der Waals surface area contributed by atoms with Crippen LogP contribution in [0.15, 0.2) is 30.5 Å². The Balaban J connectivity index is 1.95. The summed E-state index contributed by atoms with van der Waals surface area (Å²) in [5.41, 5.74) is 1.40. The molecule has 2 aromatic heterocycles. The molecule has 90 valence electrons. The number of nitriles is 1. The van der Waals surface area contributed by atoms with Gasteiger partial charge in [0, 0.05) is 30.9 Å². The van der Waals surface area contributed by atoms with Crippen molar-refractivity contribution in [3.63, 3.8) is 0 Å². The summed E-state index contributed by atoms with van der Waals surface area (Å²) in [6.07, 6.45) is 2.59. The molecule has 0 radical (unpaired) electrons. The van der Waals surface area contributed by atoms with E-state index in [0.717, 1.165) is 18.7 Å². The monoisotopic (exact) mass is 239 g/mol. The predicted octanol–water partition coefficient (Wildman–Crippen LogP) is 1.71. The smallest absolute Gasteiger partial charge is 0.146 e. The maximum Gasteiger partial charge on any atom is 0.146 e. The summed E-state index contributed by atoms with van der Waals surface area (Å²) >= 11 is 0. The Bertz CT molecular complexity index is 559. The molecule has 0 saturated carbocycles. The fourth-order valence-electron chi connectivity index (χ4n) is 1.58. The Hall–Kier alpha value is -2.48. The van der Waals surface area contributed by atoms with Gasteiger partial charge in [-0.25, -0.2) is 9.97 Å². The van der Waals surface area contributed by atoms with Crippen LogP contribution in [0.1, 0.15) is 17.2 Å². The molecule has 0 fully saturated rings. The van der Waals surface area contributed by atoms with E-state index in [4.69, 9.17) is 5.26 Å². The zero-order chi connectivity index (χ0) is 12.8. The van der Waals surface area contributed by atoms with Gasteiger partial charge in [-0.05, 0) is 19.1 Å². The lowest BCUT2D eigenvalue weighted by Gasteiger charge is -2.06. The maximum absolute atomic E-state index is 8.81. The van der Waals surface area contributed by atoms with Crippen molar-refractivity contribution in [2.45, 2.75) is 13.3 Å². The molecule has 0 amide bonds. The molecule has 0 aliphatic carbocycles. The molecule has 0 aromatic carbocycles.